The highest BCUT2D eigenvalue weighted by molar-refractivity contribution is 6.30. The molecule has 2 N–H and O–H groups in total. The number of amides is 2. The fraction of sp³-hybridized carbons (Fsp3) is 0.125. The van der Waals surface area contributed by atoms with Crippen molar-refractivity contribution in [2.45, 2.75) is 12.8 Å². The SMILES string of the molecule is O=C(CCCNC(=O)c1ccccc1C(=O)c1ccccc1)Nc1ccc(Cl)cc1. The van der Waals surface area contributed by atoms with Crippen LogP contribution < -0.4 is 10.6 Å². The Hall–Kier alpha value is -3.44. The van der Waals surface area contributed by atoms with Crippen molar-refractivity contribution in [3.8, 4) is 0 Å². The van der Waals surface area contributed by atoms with Crippen LogP contribution in [0.5, 0.6) is 0 Å². The Kier molecular flexibility index (Phi) is 7.35. The highest BCUT2D eigenvalue weighted by atomic mass is 35.5. The molecule has 0 saturated heterocycles. The summed E-state index contributed by atoms with van der Waals surface area (Å²) in [7, 11) is 0. The van der Waals surface area contributed by atoms with E-state index in [1.54, 1.807) is 72.8 Å². The first-order valence-electron chi connectivity index (χ1n) is 9.57. The lowest BCUT2D eigenvalue weighted by molar-refractivity contribution is -0.116. The van der Waals surface area contributed by atoms with Crippen LogP contribution in [0.4, 0.5) is 5.69 Å². The van der Waals surface area contributed by atoms with Crippen molar-refractivity contribution < 1.29 is 14.4 Å². The highest BCUT2D eigenvalue weighted by Gasteiger charge is 2.17. The summed E-state index contributed by atoms with van der Waals surface area (Å²) in [6.45, 7) is 0.320. The summed E-state index contributed by atoms with van der Waals surface area (Å²) in [5.74, 6) is -0.692. The Bertz CT molecular complexity index is 1030. The van der Waals surface area contributed by atoms with Crippen LogP contribution in [0.15, 0.2) is 78.9 Å². The minimum Gasteiger partial charge on any atom is -0.352 e. The molecule has 0 aromatic heterocycles. The van der Waals surface area contributed by atoms with Gasteiger partial charge in [-0.1, -0.05) is 60.1 Å². The molecule has 0 radical (unpaired) electrons. The summed E-state index contributed by atoms with van der Waals surface area (Å²) in [5.41, 5.74) is 1.86. The zero-order valence-electron chi connectivity index (χ0n) is 16.2. The smallest absolute Gasteiger partial charge is 0.252 e. The van der Waals surface area contributed by atoms with Crippen molar-refractivity contribution in [3.63, 3.8) is 0 Å². The predicted octanol–water partition coefficient (Wildman–Crippen LogP) is 4.72. The van der Waals surface area contributed by atoms with E-state index in [2.05, 4.69) is 10.6 Å². The van der Waals surface area contributed by atoms with Gasteiger partial charge in [0.05, 0.1) is 5.56 Å². The van der Waals surface area contributed by atoms with Crippen LogP contribution in [-0.4, -0.2) is 24.1 Å². The van der Waals surface area contributed by atoms with Crippen LogP contribution >= 0.6 is 11.6 Å². The Morgan fingerprint density at radius 1 is 0.767 bits per heavy atom. The Balaban J connectivity index is 1.52. The molecule has 6 heteroatoms. The van der Waals surface area contributed by atoms with Crippen LogP contribution in [0.25, 0.3) is 0 Å². The van der Waals surface area contributed by atoms with Crippen LogP contribution in [0.3, 0.4) is 0 Å². The first-order valence-corrected chi connectivity index (χ1v) is 9.95. The van der Waals surface area contributed by atoms with Gasteiger partial charge in [-0.3, -0.25) is 14.4 Å². The van der Waals surface area contributed by atoms with E-state index < -0.39 is 0 Å². The van der Waals surface area contributed by atoms with Gasteiger partial charge in [0.1, 0.15) is 0 Å². The van der Waals surface area contributed by atoms with E-state index in [4.69, 9.17) is 11.6 Å². The average molecular weight is 421 g/mol. The summed E-state index contributed by atoms with van der Waals surface area (Å²) in [4.78, 5) is 37.3. The average Bonchev–Trinajstić information content (AvgIpc) is 2.78. The second-order valence-electron chi connectivity index (χ2n) is 6.66. The lowest BCUT2D eigenvalue weighted by atomic mass is 9.98. The summed E-state index contributed by atoms with van der Waals surface area (Å²) in [5, 5.41) is 6.16. The second-order valence-corrected chi connectivity index (χ2v) is 7.09. The van der Waals surface area contributed by atoms with Crippen molar-refractivity contribution in [3.05, 3.63) is 101 Å². The van der Waals surface area contributed by atoms with E-state index in [1.165, 1.54) is 0 Å². The number of halogens is 1. The van der Waals surface area contributed by atoms with Gasteiger partial charge in [0.15, 0.2) is 5.78 Å². The first-order chi connectivity index (χ1) is 14.5. The summed E-state index contributed by atoms with van der Waals surface area (Å²) in [6.07, 6.45) is 0.730. The normalized spacial score (nSPS) is 10.3. The number of benzene rings is 3. The molecule has 3 aromatic carbocycles. The molecule has 2 amide bonds. The van der Waals surface area contributed by atoms with E-state index in [9.17, 15) is 14.4 Å². The molecular weight excluding hydrogens is 400 g/mol. The van der Waals surface area contributed by atoms with Gasteiger partial charge in [0.25, 0.3) is 5.91 Å². The predicted molar refractivity (Wildman–Crippen MR) is 118 cm³/mol. The first kappa shape index (κ1) is 21.3. The Morgan fingerprint density at radius 3 is 2.10 bits per heavy atom. The van der Waals surface area contributed by atoms with Crippen LogP contribution in [0, 0.1) is 0 Å². The molecule has 0 aliphatic heterocycles. The number of carbonyl (C=O) groups is 3. The summed E-state index contributed by atoms with van der Waals surface area (Å²) >= 11 is 5.82. The van der Waals surface area contributed by atoms with Crippen molar-refractivity contribution in [1.82, 2.24) is 5.32 Å². The maximum Gasteiger partial charge on any atom is 0.252 e. The number of carbonyl (C=O) groups excluding carboxylic acids is 3. The molecule has 152 valence electrons. The number of hydrogen-bond donors (Lipinski definition) is 2. The molecule has 0 saturated carbocycles. The molecule has 0 unspecified atom stereocenters. The van der Waals surface area contributed by atoms with Crippen LogP contribution in [0.2, 0.25) is 5.02 Å². The second kappa shape index (κ2) is 10.4. The minimum atomic E-state index is -0.340. The van der Waals surface area contributed by atoms with Gasteiger partial charge in [0, 0.05) is 34.8 Å². The van der Waals surface area contributed by atoms with E-state index in [0.29, 0.717) is 40.4 Å². The summed E-state index contributed by atoms with van der Waals surface area (Å²) < 4.78 is 0. The molecule has 0 atom stereocenters. The third-order valence-electron chi connectivity index (χ3n) is 4.45. The van der Waals surface area contributed by atoms with Crippen molar-refractivity contribution in [2.24, 2.45) is 0 Å². The number of hydrogen-bond acceptors (Lipinski definition) is 3. The maximum absolute atomic E-state index is 12.7. The minimum absolute atomic E-state index is 0.147. The lowest BCUT2D eigenvalue weighted by Crippen LogP contribution is -2.27. The largest absolute Gasteiger partial charge is 0.352 e. The summed E-state index contributed by atoms with van der Waals surface area (Å²) in [6, 6.07) is 22.4. The van der Waals surface area contributed by atoms with E-state index >= 15 is 0 Å². The molecule has 0 fully saturated rings. The molecule has 5 nitrogen and oxygen atoms in total. The molecule has 0 bridgehead atoms. The van der Waals surface area contributed by atoms with Crippen molar-refractivity contribution in [1.29, 1.82) is 0 Å². The fourth-order valence-electron chi connectivity index (χ4n) is 2.93. The zero-order valence-corrected chi connectivity index (χ0v) is 17.0. The molecule has 0 aliphatic carbocycles. The third-order valence-corrected chi connectivity index (χ3v) is 4.70. The van der Waals surface area contributed by atoms with Gasteiger partial charge in [-0.15, -0.1) is 0 Å². The monoisotopic (exact) mass is 420 g/mol. The van der Waals surface area contributed by atoms with Gasteiger partial charge in [0.2, 0.25) is 5.91 Å². The van der Waals surface area contributed by atoms with Crippen LogP contribution in [0.1, 0.15) is 39.1 Å². The van der Waals surface area contributed by atoms with Gasteiger partial charge in [-0.05, 0) is 36.8 Å². The topological polar surface area (TPSA) is 75.3 Å². The maximum atomic E-state index is 12.7. The molecule has 3 aromatic rings. The Labute approximate surface area is 180 Å². The van der Waals surface area contributed by atoms with Crippen molar-refractivity contribution in [2.75, 3.05) is 11.9 Å². The van der Waals surface area contributed by atoms with E-state index in [-0.39, 0.29) is 24.0 Å². The zero-order chi connectivity index (χ0) is 21.3. The van der Waals surface area contributed by atoms with Crippen molar-refractivity contribution >= 4 is 34.9 Å². The van der Waals surface area contributed by atoms with Gasteiger partial charge >= 0.3 is 0 Å². The molecule has 3 rings (SSSR count). The standard InChI is InChI=1S/C24H21ClN2O3/c25-18-12-14-19(15-13-18)27-22(28)11-6-16-26-24(30)21-10-5-4-9-20(21)23(29)17-7-2-1-3-8-17/h1-5,7-10,12-15H,6,11,16H2,(H,26,30)(H,27,28). The van der Waals surface area contributed by atoms with Crippen LogP contribution in [-0.2, 0) is 4.79 Å². The lowest BCUT2D eigenvalue weighted by Gasteiger charge is -2.10. The Morgan fingerprint density at radius 2 is 1.40 bits per heavy atom. The molecule has 0 aliphatic rings. The fourth-order valence-corrected chi connectivity index (χ4v) is 3.05. The molecule has 30 heavy (non-hydrogen) atoms. The number of anilines is 1. The quantitative estimate of drug-likeness (QED) is 0.409. The third kappa shape index (κ3) is 5.78. The van der Waals surface area contributed by atoms with Gasteiger partial charge in [-0.2, -0.15) is 0 Å². The number of ketones is 1. The number of rotatable bonds is 8. The van der Waals surface area contributed by atoms with E-state index in [1.807, 2.05) is 6.07 Å². The van der Waals surface area contributed by atoms with E-state index in [0.717, 1.165) is 0 Å². The van der Waals surface area contributed by atoms with Gasteiger partial charge in [-0.25, -0.2) is 0 Å². The molecule has 0 heterocycles. The number of nitrogens with one attached hydrogen (secondary N) is 2. The molecular formula is C24H21ClN2O3. The highest BCUT2D eigenvalue weighted by Crippen LogP contribution is 2.15. The van der Waals surface area contributed by atoms with Gasteiger partial charge < -0.3 is 10.6 Å². The molecule has 0 spiro atoms.